The van der Waals surface area contributed by atoms with E-state index in [9.17, 15) is 24.3 Å². The highest BCUT2D eigenvalue weighted by atomic mass is 35.5. The Kier molecular flexibility index (Phi) is 14.1. The van der Waals surface area contributed by atoms with Gasteiger partial charge in [0.15, 0.2) is 0 Å². The van der Waals surface area contributed by atoms with Gasteiger partial charge in [0.1, 0.15) is 18.2 Å². The molecular formula is C37H51ClN4O7. The van der Waals surface area contributed by atoms with Crippen molar-refractivity contribution in [2.24, 2.45) is 5.92 Å². The number of carbonyl (C=O) groups is 4. The highest BCUT2D eigenvalue weighted by Gasteiger charge is 2.38. The zero-order valence-electron chi connectivity index (χ0n) is 28.9. The number of alkyl carbamates (subject to hydrolysis) is 1. The SMILES string of the molecule is CC(C)(C)OC(=O)N1CCN(C(=O)[C@H](CCCO)NC(=O)CC(NC(=O)OCc2cccc(Cl)c2)C2CCCCC2)CC1c1ccccc1. The van der Waals surface area contributed by atoms with E-state index in [1.54, 1.807) is 28.0 Å². The van der Waals surface area contributed by atoms with Gasteiger partial charge < -0.3 is 30.1 Å². The second kappa shape index (κ2) is 18.2. The average Bonchev–Trinajstić information content (AvgIpc) is 3.08. The number of aliphatic hydroxyl groups excluding tert-OH is 1. The molecular weight excluding hydrogens is 648 g/mol. The zero-order chi connectivity index (χ0) is 35.4. The van der Waals surface area contributed by atoms with Gasteiger partial charge in [-0.25, -0.2) is 9.59 Å². The molecule has 0 bridgehead atoms. The molecule has 1 saturated heterocycles. The second-order valence-electron chi connectivity index (χ2n) is 13.9. The second-order valence-corrected chi connectivity index (χ2v) is 14.4. The van der Waals surface area contributed by atoms with Gasteiger partial charge in [-0.05, 0) is 75.6 Å². The van der Waals surface area contributed by atoms with Crippen LogP contribution in [0.4, 0.5) is 9.59 Å². The van der Waals surface area contributed by atoms with Gasteiger partial charge in [-0.15, -0.1) is 0 Å². The van der Waals surface area contributed by atoms with E-state index >= 15 is 0 Å². The van der Waals surface area contributed by atoms with Gasteiger partial charge in [-0.1, -0.05) is 73.3 Å². The Morgan fingerprint density at radius 1 is 0.980 bits per heavy atom. The minimum atomic E-state index is -0.883. The Hall–Kier alpha value is -3.83. The standard InChI is InChI=1S/C37H51ClN4O7/c1-37(2,3)49-36(47)42-20-19-41(24-32(42)28-15-8-5-9-16-28)34(45)30(18-11-21-43)39-33(44)23-31(27-13-6-4-7-14-27)40-35(46)48-25-26-12-10-17-29(38)22-26/h5,8-10,12,15-17,22,27,30-32,43H,4,6-7,11,13-14,18-21,23-25H2,1-3H3,(H,39,44)(H,40,46)/t30-,31?,32?/m0/s1. The first-order chi connectivity index (χ1) is 23.4. The number of amides is 4. The van der Waals surface area contributed by atoms with Crippen LogP contribution in [-0.4, -0.2) is 82.8 Å². The Morgan fingerprint density at radius 2 is 1.71 bits per heavy atom. The number of piperazine rings is 1. The van der Waals surface area contributed by atoms with E-state index in [4.69, 9.17) is 21.1 Å². The predicted molar refractivity (Wildman–Crippen MR) is 187 cm³/mol. The van der Waals surface area contributed by atoms with Crippen molar-refractivity contribution in [3.05, 3.63) is 70.7 Å². The molecule has 11 nitrogen and oxygen atoms in total. The van der Waals surface area contributed by atoms with E-state index in [1.165, 1.54) is 0 Å². The van der Waals surface area contributed by atoms with Crippen molar-refractivity contribution in [3.8, 4) is 0 Å². The fourth-order valence-electron chi connectivity index (χ4n) is 6.55. The molecule has 2 aromatic carbocycles. The molecule has 2 aliphatic rings. The van der Waals surface area contributed by atoms with Crippen molar-refractivity contribution in [1.82, 2.24) is 20.4 Å². The molecule has 268 valence electrons. The molecule has 2 aromatic rings. The monoisotopic (exact) mass is 698 g/mol. The maximum absolute atomic E-state index is 14.0. The number of hydrogen-bond donors (Lipinski definition) is 3. The number of rotatable bonds is 12. The van der Waals surface area contributed by atoms with Crippen LogP contribution >= 0.6 is 11.6 Å². The molecule has 1 heterocycles. The van der Waals surface area contributed by atoms with E-state index in [0.717, 1.165) is 43.2 Å². The van der Waals surface area contributed by atoms with Gasteiger partial charge >= 0.3 is 12.2 Å². The Morgan fingerprint density at radius 3 is 2.39 bits per heavy atom. The van der Waals surface area contributed by atoms with Crippen molar-refractivity contribution in [1.29, 1.82) is 0 Å². The van der Waals surface area contributed by atoms with Crippen LogP contribution in [-0.2, 0) is 25.7 Å². The van der Waals surface area contributed by atoms with Crippen molar-refractivity contribution in [3.63, 3.8) is 0 Å². The summed E-state index contributed by atoms with van der Waals surface area (Å²) in [5.41, 5.74) is 0.939. The maximum Gasteiger partial charge on any atom is 0.410 e. The molecule has 2 fully saturated rings. The minimum Gasteiger partial charge on any atom is -0.445 e. The summed E-state index contributed by atoms with van der Waals surface area (Å²) in [6.45, 7) is 6.09. The Bertz CT molecular complexity index is 1400. The van der Waals surface area contributed by atoms with E-state index in [-0.39, 0.29) is 63.4 Å². The number of carbonyl (C=O) groups excluding carboxylic acids is 4. The number of halogens is 1. The van der Waals surface area contributed by atoms with Crippen LogP contribution in [0.25, 0.3) is 0 Å². The third kappa shape index (κ3) is 11.9. The lowest BCUT2D eigenvalue weighted by molar-refractivity contribution is -0.139. The van der Waals surface area contributed by atoms with E-state index in [2.05, 4.69) is 10.6 Å². The molecule has 0 radical (unpaired) electrons. The van der Waals surface area contributed by atoms with Crippen molar-refractivity contribution in [2.45, 2.75) is 102 Å². The molecule has 0 spiro atoms. The summed E-state index contributed by atoms with van der Waals surface area (Å²) in [5.74, 6) is -0.555. The van der Waals surface area contributed by atoms with Gasteiger partial charge in [-0.3, -0.25) is 14.5 Å². The highest BCUT2D eigenvalue weighted by Crippen LogP contribution is 2.30. The first kappa shape index (κ1) is 38.0. The molecule has 3 N–H and O–H groups in total. The largest absolute Gasteiger partial charge is 0.445 e. The first-order valence-electron chi connectivity index (χ1n) is 17.3. The van der Waals surface area contributed by atoms with Crippen molar-refractivity contribution < 1.29 is 33.8 Å². The normalized spacial score (nSPS) is 18.3. The summed E-state index contributed by atoms with van der Waals surface area (Å²) in [5, 5.41) is 16.0. The van der Waals surface area contributed by atoms with Crippen LogP contribution < -0.4 is 10.6 Å². The van der Waals surface area contributed by atoms with E-state index in [0.29, 0.717) is 11.4 Å². The topological polar surface area (TPSA) is 138 Å². The summed E-state index contributed by atoms with van der Waals surface area (Å²) in [6, 6.07) is 14.8. The van der Waals surface area contributed by atoms with Gasteiger partial charge in [-0.2, -0.15) is 0 Å². The summed E-state index contributed by atoms with van der Waals surface area (Å²) in [7, 11) is 0. The molecule has 1 aliphatic carbocycles. The van der Waals surface area contributed by atoms with Crippen LogP contribution in [0.3, 0.4) is 0 Å². The fraction of sp³-hybridized carbons (Fsp3) is 0.568. The Labute approximate surface area is 294 Å². The lowest BCUT2D eigenvalue weighted by Gasteiger charge is -2.42. The summed E-state index contributed by atoms with van der Waals surface area (Å²) < 4.78 is 11.2. The smallest absolute Gasteiger partial charge is 0.410 e. The molecule has 1 aliphatic heterocycles. The lowest BCUT2D eigenvalue weighted by atomic mass is 9.82. The van der Waals surface area contributed by atoms with Gasteiger partial charge in [0, 0.05) is 43.7 Å². The zero-order valence-corrected chi connectivity index (χ0v) is 29.6. The third-order valence-corrected chi connectivity index (χ3v) is 9.21. The molecule has 0 aromatic heterocycles. The highest BCUT2D eigenvalue weighted by molar-refractivity contribution is 6.30. The van der Waals surface area contributed by atoms with Gasteiger partial charge in [0.05, 0.1) is 6.04 Å². The van der Waals surface area contributed by atoms with Crippen LogP contribution in [0.2, 0.25) is 5.02 Å². The number of ether oxygens (including phenoxy) is 2. The molecule has 2 unspecified atom stereocenters. The van der Waals surface area contributed by atoms with Crippen LogP contribution in [0.5, 0.6) is 0 Å². The molecule has 4 amide bonds. The number of nitrogens with zero attached hydrogens (tertiary/aromatic N) is 2. The van der Waals surface area contributed by atoms with Gasteiger partial charge in [0.25, 0.3) is 0 Å². The molecule has 1 saturated carbocycles. The number of benzene rings is 2. The predicted octanol–water partition coefficient (Wildman–Crippen LogP) is 5.98. The van der Waals surface area contributed by atoms with Crippen molar-refractivity contribution >= 4 is 35.6 Å². The summed E-state index contributed by atoms with van der Waals surface area (Å²) >= 11 is 6.06. The molecule has 3 atom stereocenters. The van der Waals surface area contributed by atoms with Crippen LogP contribution in [0, 0.1) is 5.92 Å². The molecule has 49 heavy (non-hydrogen) atoms. The van der Waals surface area contributed by atoms with Crippen LogP contribution in [0.15, 0.2) is 54.6 Å². The summed E-state index contributed by atoms with van der Waals surface area (Å²) in [4.78, 5) is 57.0. The number of hydrogen-bond acceptors (Lipinski definition) is 7. The Balaban J connectivity index is 1.44. The quantitative estimate of drug-likeness (QED) is 0.248. The number of aliphatic hydroxyl groups is 1. The first-order valence-corrected chi connectivity index (χ1v) is 17.7. The van der Waals surface area contributed by atoms with E-state index in [1.807, 2.05) is 57.2 Å². The third-order valence-electron chi connectivity index (χ3n) is 8.97. The fourth-order valence-corrected chi connectivity index (χ4v) is 6.76. The van der Waals surface area contributed by atoms with E-state index < -0.39 is 35.9 Å². The summed E-state index contributed by atoms with van der Waals surface area (Å²) in [6.07, 6.45) is 4.36. The maximum atomic E-state index is 14.0. The number of nitrogens with one attached hydrogen (secondary N) is 2. The molecule has 12 heteroatoms. The average molecular weight is 699 g/mol. The lowest BCUT2D eigenvalue weighted by Crippen LogP contribution is -2.57. The van der Waals surface area contributed by atoms with Crippen LogP contribution in [0.1, 0.15) is 89.3 Å². The minimum absolute atomic E-state index is 0.0150. The van der Waals surface area contributed by atoms with Gasteiger partial charge in [0.2, 0.25) is 11.8 Å². The molecule has 4 rings (SSSR count). The van der Waals surface area contributed by atoms with Crippen molar-refractivity contribution in [2.75, 3.05) is 26.2 Å².